The molecule has 0 amide bonds. The Hall–Kier alpha value is -2.68. The summed E-state index contributed by atoms with van der Waals surface area (Å²) in [6.45, 7) is 3.97. The number of carbonyl (C=O) groups is 1. The van der Waals surface area contributed by atoms with Gasteiger partial charge in [0, 0.05) is 20.5 Å². The Kier molecular flexibility index (Phi) is 6.91. The van der Waals surface area contributed by atoms with Gasteiger partial charge in [0.05, 0.1) is 12.6 Å². The molecule has 30 heavy (non-hydrogen) atoms. The topological polar surface area (TPSA) is 88.1 Å². The maximum atomic E-state index is 13.2. The second-order valence-electron chi connectivity index (χ2n) is 7.34. The van der Waals surface area contributed by atoms with Crippen LogP contribution in [0.15, 0.2) is 44.7 Å². The highest BCUT2D eigenvalue weighted by molar-refractivity contribution is 9.10. The highest BCUT2D eigenvalue weighted by atomic mass is 79.9. The summed E-state index contributed by atoms with van der Waals surface area (Å²) < 4.78 is 10.1. The maximum Gasteiger partial charge on any atom is 0.332 e. The van der Waals surface area contributed by atoms with Crippen molar-refractivity contribution in [3.8, 4) is 0 Å². The average Bonchev–Trinajstić information content (AvgIpc) is 3.02. The lowest BCUT2D eigenvalue weighted by molar-refractivity contribution is -0.145. The van der Waals surface area contributed by atoms with Crippen LogP contribution in [0.4, 0.5) is 0 Å². The lowest BCUT2D eigenvalue weighted by Gasteiger charge is -2.12. The van der Waals surface area contributed by atoms with Crippen molar-refractivity contribution in [2.75, 3.05) is 0 Å². The zero-order valence-electron chi connectivity index (χ0n) is 17.3. The molecule has 160 valence electrons. The van der Waals surface area contributed by atoms with Crippen LogP contribution in [0.2, 0.25) is 0 Å². The average molecular weight is 477 g/mol. The number of halogens is 1. The molecule has 0 unspecified atom stereocenters. The number of ether oxygens (including phenoxy) is 1. The minimum absolute atomic E-state index is 0.187. The van der Waals surface area contributed by atoms with E-state index in [1.807, 2.05) is 37.3 Å². The fourth-order valence-corrected chi connectivity index (χ4v) is 3.97. The molecular formula is C21H25BrN4O4. The van der Waals surface area contributed by atoms with E-state index in [4.69, 9.17) is 4.74 Å². The van der Waals surface area contributed by atoms with Crippen molar-refractivity contribution in [1.82, 2.24) is 18.7 Å². The van der Waals surface area contributed by atoms with Gasteiger partial charge in [0.1, 0.15) is 0 Å². The minimum atomic E-state index is -0.391. The monoisotopic (exact) mass is 476 g/mol. The number of carbonyl (C=O) groups excluding carboxylic acids is 1. The summed E-state index contributed by atoms with van der Waals surface area (Å²) in [4.78, 5) is 41.3. The van der Waals surface area contributed by atoms with E-state index in [0.29, 0.717) is 41.8 Å². The van der Waals surface area contributed by atoms with Crippen molar-refractivity contribution in [3.63, 3.8) is 0 Å². The summed E-state index contributed by atoms with van der Waals surface area (Å²) >= 11 is 3.43. The van der Waals surface area contributed by atoms with Crippen LogP contribution >= 0.6 is 15.9 Å². The maximum absolute atomic E-state index is 13.2. The molecule has 1 atom stereocenters. The summed E-state index contributed by atoms with van der Waals surface area (Å²) in [6.07, 6.45) is 1.84. The van der Waals surface area contributed by atoms with E-state index in [-0.39, 0.29) is 17.6 Å². The molecule has 0 aliphatic heterocycles. The van der Waals surface area contributed by atoms with Gasteiger partial charge in [-0.05, 0) is 47.7 Å². The predicted molar refractivity (Wildman–Crippen MR) is 118 cm³/mol. The molecule has 0 aliphatic rings. The number of fused-ring (bicyclic) bond motifs is 1. The summed E-state index contributed by atoms with van der Waals surface area (Å²) in [5.74, 6) is -0.310. The van der Waals surface area contributed by atoms with Crippen molar-refractivity contribution in [2.45, 2.75) is 52.3 Å². The second-order valence-corrected chi connectivity index (χ2v) is 8.05. The summed E-state index contributed by atoms with van der Waals surface area (Å²) in [7, 11) is 1.62. The SMILES string of the molecule is CC(=O)O[C@H](C)CCCCn1c(=O)c2c(nc(Br)n2Cc2ccccc2)n(C)c1=O. The first-order valence-corrected chi connectivity index (χ1v) is 10.7. The van der Waals surface area contributed by atoms with Gasteiger partial charge in [-0.2, -0.15) is 0 Å². The van der Waals surface area contributed by atoms with Gasteiger partial charge in [-0.3, -0.25) is 18.7 Å². The van der Waals surface area contributed by atoms with E-state index in [0.717, 1.165) is 12.0 Å². The van der Waals surface area contributed by atoms with Crippen molar-refractivity contribution in [3.05, 3.63) is 61.5 Å². The Morgan fingerprint density at radius 3 is 2.53 bits per heavy atom. The Balaban J connectivity index is 1.88. The van der Waals surface area contributed by atoms with Gasteiger partial charge < -0.3 is 9.30 Å². The molecule has 9 heteroatoms. The molecule has 2 heterocycles. The molecule has 1 aromatic carbocycles. The number of nitrogens with zero attached hydrogens (tertiary/aromatic N) is 4. The number of aromatic nitrogens is 4. The fraction of sp³-hybridized carbons (Fsp3) is 0.429. The van der Waals surface area contributed by atoms with E-state index >= 15 is 0 Å². The van der Waals surface area contributed by atoms with Gasteiger partial charge in [0.15, 0.2) is 15.9 Å². The Morgan fingerprint density at radius 2 is 1.87 bits per heavy atom. The van der Waals surface area contributed by atoms with Crippen LogP contribution in [0.25, 0.3) is 11.2 Å². The van der Waals surface area contributed by atoms with Gasteiger partial charge >= 0.3 is 11.7 Å². The van der Waals surface area contributed by atoms with Gasteiger partial charge in [-0.25, -0.2) is 9.78 Å². The Bertz CT molecular complexity index is 1160. The van der Waals surface area contributed by atoms with Crippen LogP contribution in [-0.4, -0.2) is 30.8 Å². The molecule has 2 aromatic heterocycles. The number of hydrogen-bond acceptors (Lipinski definition) is 5. The van der Waals surface area contributed by atoms with Crippen molar-refractivity contribution in [2.24, 2.45) is 7.05 Å². The normalized spacial score (nSPS) is 12.3. The van der Waals surface area contributed by atoms with Crippen molar-refractivity contribution < 1.29 is 9.53 Å². The predicted octanol–water partition coefficient (Wildman–Crippen LogP) is 2.83. The molecule has 0 saturated heterocycles. The lowest BCUT2D eigenvalue weighted by Crippen LogP contribution is -2.39. The molecule has 0 spiro atoms. The molecule has 3 aromatic rings. The first-order chi connectivity index (χ1) is 14.3. The van der Waals surface area contributed by atoms with Crippen LogP contribution in [0.5, 0.6) is 0 Å². The van der Waals surface area contributed by atoms with Gasteiger partial charge in [-0.1, -0.05) is 30.3 Å². The van der Waals surface area contributed by atoms with Gasteiger partial charge in [0.25, 0.3) is 5.56 Å². The van der Waals surface area contributed by atoms with Crippen LogP contribution < -0.4 is 11.2 Å². The number of esters is 1. The van der Waals surface area contributed by atoms with E-state index in [1.165, 1.54) is 16.1 Å². The summed E-state index contributed by atoms with van der Waals surface area (Å²) in [5.41, 5.74) is 1.03. The molecule has 0 N–H and O–H groups in total. The van der Waals surface area contributed by atoms with Gasteiger partial charge in [0.2, 0.25) is 0 Å². The standard InChI is InChI=1S/C21H25BrN4O4/c1-14(30-15(2)27)9-7-8-12-25-19(28)17-18(24(3)21(25)29)23-20(22)26(17)13-16-10-5-4-6-11-16/h4-6,10-11,14H,7-9,12-13H2,1-3H3/t14-/m1/s1. The smallest absolute Gasteiger partial charge is 0.332 e. The van der Waals surface area contributed by atoms with E-state index in [9.17, 15) is 14.4 Å². The van der Waals surface area contributed by atoms with Crippen LogP contribution in [0.3, 0.4) is 0 Å². The molecule has 3 rings (SSSR count). The number of unbranched alkanes of at least 4 members (excludes halogenated alkanes) is 1. The zero-order valence-corrected chi connectivity index (χ0v) is 18.9. The largest absolute Gasteiger partial charge is 0.463 e. The number of rotatable bonds is 8. The second kappa shape index (κ2) is 9.42. The third-order valence-electron chi connectivity index (χ3n) is 4.98. The minimum Gasteiger partial charge on any atom is -0.463 e. The van der Waals surface area contributed by atoms with E-state index < -0.39 is 5.69 Å². The highest BCUT2D eigenvalue weighted by Gasteiger charge is 2.19. The van der Waals surface area contributed by atoms with E-state index in [1.54, 1.807) is 11.6 Å². The van der Waals surface area contributed by atoms with Gasteiger partial charge in [-0.15, -0.1) is 0 Å². The first-order valence-electron chi connectivity index (χ1n) is 9.86. The summed E-state index contributed by atoms with van der Waals surface area (Å²) in [5, 5.41) is 0. The number of imidazole rings is 1. The molecule has 0 radical (unpaired) electrons. The number of aryl methyl sites for hydroxylation is 1. The van der Waals surface area contributed by atoms with Crippen LogP contribution in [0, 0.1) is 0 Å². The molecule has 0 bridgehead atoms. The lowest BCUT2D eigenvalue weighted by atomic mass is 10.2. The number of benzene rings is 1. The van der Waals surface area contributed by atoms with Crippen LogP contribution in [0.1, 0.15) is 38.7 Å². The fourth-order valence-electron chi connectivity index (χ4n) is 3.50. The molecule has 8 nitrogen and oxygen atoms in total. The third-order valence-corrected chi connectivity index (χ3v) is 5.58. The zero-order chi connectivity index (χ0) is 21.8. The first kappa shape index (κ1) is 22.0. The van der Waals surface area contributed by atoms with Crippen molar-refractivity contribution >= 4 is 33.1 Å². The quantitative estimate of drug-likeness (QED) is 0.283. The van der Waals surface area contributed by atoms with Crippen LogP contribution in [-0.2, 0) is 29.7 Å². The summed E-state index contributed by atoms with van der Waals surface area (Å²) in [6, 6.07) is 9.76. The Morgan fingerprint density at radius 1 is 1.17 bits per heavy atom. The Labute approximate surface area is 182 Å². The highest BCUT2D eigenvalue weighted by Crippen LogP contribution is 2.18. The number of hydrogen-bond donors (Lipinski definition) is 0. The molecular weight excluding hydrogens is 452 g/mol. The van der Waals surface area contributed by atoms with E-state index in [2.05, 4.69) is 20.9 Å². The third kappa shape index (κ3) is 4.72. The molecule has 0 saturated carbocycles. The molecule has 0 fully saturated rings. The van der Waals surface area contributed by atoms with Crippen molar-refractivity contribution in [1.29, 1.82) is 0 Å². The molecule has 0 aliphatic carbocycles.